The molecule has 0 bridgehead atoms. The Labute approximate surface area is 139 Å². The maximum atomic E-state index is 14.3. The summed E-state index contributed by atoms with van der Waals surface area (Å²) in [6.45, 7) is 5.49. The number of carboxylic acid groups (broad SMARTS) is 1. The Kier molecular flexibility index (Phi) is 4.91. The lowest BCUT2D eigenvalue weighted by molar-refractivity contribution is 0.0183. The molecule has 1 aliphatic rings. The van der Waals surface area contributed by atoms with Crippen molar-refractivity contribution in [3.8, 4) is 0 Å². The number of halogens is 1. The summed E-state index contributed by atoms with van der Waals surface area (Å²) in [6.07, 6.45) is 0.537. The van der Waals surface area contributed by atoms with Gasteiger partial charge in [-0.05, 0) is 20.8 Å². The van der Waals surface area contributed by atoms with Gasteiger partial charge in [0.25, 0.3) is 0 Å². The summed E-state index contributed by atoms with van der Waals surface area (Å²) in [5, 5.41) is 8.82. The van der Waals surface area contributed by atoms with E-state index in [9.17, 15) is 14.0 Å². The molecule has 1 N–H and O–H groups in total. The molecule has 0 saturated carbocycles. The summed E-state index contributed by atoms with van der Waals surface area (Å²) in [4.78, 5) is 33.5. The Bertz CT molecular complexity index is 617. The summed E-state index contributed by atoms with van der Waals surface area (Å²) in [5.41, 5.74) is -0.842. The van der Waals surface area contributed by atoms with E-state index in [1.165, 1.54) is 18.1 Å². The zero-order valence-electron chi connectivity index (χ0n) is 14.1. The molecule has 1 aromatic rings. The fourth-order valence-corrected chi connectivity index (χ4v) is 2.36. The highest BCUT2D eigenvalue weighted by atomic mass is 19.1. The molecule has 24 heavy (non-hydrogen) atoms. The molecule has 1 aliphatic heterocycles. The van der Waals surface area contributed by atoms with Gasteiger partial charge in [0.05, 0.1) is 25.0 Å². The maximum absolute atomic E-state index is 14.3. The molecule has 1 aromatic heterocycles. The van der Waals surface area contributed by atoms with E-state index in [0.29, 0.717) is 5.82 Å². The minimum absolute atomic E-state index is 0.0406. The number of anilines is 1. The fourth-order valence-electron chi connectivity index (χ4n) is 2.36. The van der Waals surface area contributed by atoms with Crippen LogP contribution in [-0.2, 0) is 4.74 Å². The van der Waals surface area contributed by atoms with Gasteiger partial charge in [-0.2, -0.15) is 0 Å². The number of carbonyl (C=O) groups is 2. The van der Waals surface area contributed by atoms with Crippen molar-refractivity contribution in [1.82, 2.24) is 14.9 Å². The number of carboxylic acids is 1. The summed E-state index contributed by atoms with van der Waals surface area (Å²) >= 11 is 0. The first-order valence-corrected chi connectivity index (χ1v) is 7.48. The molecular formula is C15H21FN4O4. The van der Waals surface area contributed by atoms with Gasteiger partial charge in [0.1, 0.15) is 17.6 Å². The van der Waals surface area contributed by atoms with Gasteiger partial charge in [0, 0.05) is 13.6 Å². The molecule has 9 heteroatoms. The van der Waals surface area contributed by atoms with Gasteiger partial charge in [-0.1, -0.05) is 0 Å². The molecule has 2 rings (SSSR count). The number of carbonyl (C=O) groups excluding carboxylic acids is 1. The number of rotatable bonds is 3. The second kappa shape index (κ2) is 6.58. The number of aromatic nitrogens is 2. The lowest BCUT2D eigenvalue weighted by atomic mass is 10.2. The van der Waals surface area contributed by atoms with E-state index >= 15 is 0 Å². The number of amides is 1. The second-order valence-electron chi connectivity index (χ2n) is 6.64. The van der Waals surface area contributed by atoms with E-state index in [0.717, 1.165) is 6.20 Å². The molecule has 8 nitrogen and oxygen atoms in total. The smallest absolute Gasteiger partial charge is 0.410 e. The Balaban J connectivity index is 2.06. The largest absolute Gasteiger partial charge is 0.476 e. The Morgan fingerprint density at radius 2 is 2.00 bits per heavy atom. The zero-order valence-corrected chi connectivity index (χ0v) is 14.1. The number of hydrogen-bond donors (Lipinski definition) is 1. The lowest BCUT2D eigenvalue weighted by Crippen LogP contribution is -2.45. The zero-order chi connectivity index (χ0) is 18.1. The minimum atomic E-state index is -1.27. The first-order valence-electron chi connectivity index (χ1n) is 7.48. The number of ether oxygens (including phenoxy) is 1. The molecule has 2 heterocycles. The number of alkyl halides is 1. The van der Waals surface area contributed by atoms with Gasteiger partial charge in [-0.15, -0.1) is 0 Å². The van der Waals surface area contributed by atoms with E-state index in [1.54, 1.807) is 25.7 Å². The summed E-state index contributed by atoms with van der Waals surface area (Å²) in [6, 6.07) is -0.680. The van der Waals surface area contributed by atoms with Crippen molar-refractivity contribution in [3.63, 3.8) is 0 Å². The summed E-state index contributed by atoms with van der Waals surface area (Å²) < 4.78 is 19.6. The highest BCUT2D eigenvalue weighted by Crippen LogP contribution is 2.24. The average molecular weight is 340 g/mol. The van der Waals surface area contributed by atoms with E-state index in [2.05, 4.69) is 9.97 Å². The topological polar surface area (TPSA) is 95.9 Å². The van der Waals surface area contributed by atoms with Crippen LogP contribution >= 0.6 is 0 Å². The fraction of sp³-hybridized carbons (Fsp3) is 0.600. The predicted octanol–water partition coefficient (Wildman–Crippen LogP) is 1.57. The monoisotopic (exact) mass is 340 g/mol. The minimum Gasteiger partial charge on any atom is -0.476 e. The molecule has 1 amide bonds. The van der Waals surface area contributed by atoms with E-state index < -0.39 is 29.9 Å². The van der Waals surface area contributed by atoms with E-state index in [-0.39, 0.29) is 18.8 Å². The first kappa shape index (κ1) is 17.9. The third kappa shape index (κ3) is 4.09. The van der Waals surface area contributed by atoms with Crippen molar-refractivity contribution >= 4 is 17.9 Å². The van der Waals surface area contributed by atoms with Crippen LogP contribution in [0, 0.1) is 0 Å². The van der Waals surface area contributed by atoms with E-state index in [4.69, 9.17) is 9.84 Å². The number of aromatic carboxylic acids is 1. The van der Waals surface area contributed by atoms with Crippen LogP contribution in [0.5, 0.6) is 0 Å². The van der Waals surface area contributed by atoms with Crippen LogP contribution in [0.2, 0.25) is 0 Å². The standard InChI is InChI=1S/C15H21FN4O4/c1-15(2,3)24-14(23)19(4)11-8-20(7-9(11)16)12-6-17-10(5-18-12)13(21)22/h5-6,9,11H,7-8H2,1-4H3,(H,21,22)/t9-,11-/m1/s1. The second-order valence-corrected chi connectivity index (χ2v) is 6.64. The van der Waals surface area contributed by atoms with Crippen molar-refractivity contribution < 1.29 is 23.8 Å². The predicted molar refractivity (Wildman–Crippen MR) is 83.9 cm³/mol. The van der Waals surface area contributed by atoms with Crippen LogP contribution in [0.3, 0.4) is 0 Å². The summed E-state index contributed by atoms with van der Waals surface area (Å²) in [5.74, 6) is -0.816. The highest BCUT2D eigenvalue weighted by molar-refractivity contribution is 5.84. The number of likely N-dealkylation sites (N-methyl/N-ethyl adjacent to an activating group) is 1. The molecule has 2 atom stereocenters. The van der Waals surface area contributed by atoms with Crippen LogP contribution in [0.25, 0.3) is 0 Å². The van der Waals surface area contributed by atoms with Gasteiger partial charge >= 0.3 is 12.1 Å². The Morgan fingerprint density at radius 3 is 2.50 bits per heavy atom. The van der Waals surface area contributed by atoms with Gasteiger partial charge in [-0.25, -0.2) is 23.9 Å². The average Bonchev–Trinajstić information content (AvgIpc) is 2.86. The van der Waals surface area contributed by atoms with Crippen LogP contribution in [0.1, 0.15) is 31.3 Å². The normalized spacial score (nSPS) is 20.8. The quantitative estimate of drug-likeness (QED) is 0.892. The molecular weight excluding hydrogens is 319 g/mol. The SMILES string of the molecule is CN(C(=O)OC(C)(C)C)[C@@H]1CN(c2cnc(C(=O)O)cn2)C[C@H]1F. The molecule has 1 saturated heterocycles. The van der Waals surface area contributed by atoms with Gasteiger partial charge in [-0.3, -0.25) is 0 Å². The molecule has 1 fully saturated rings. The summed E-state index contributed by atoms with van der Waals surface area (Å²) in [7, 11) is 1.49. The molecule has 132 valence electrons. The Hall–Kier alpha value is -2.45. The van der Waals surface area contributed by atoms with Gasteiger partial charge in [0.2, 0.25) is 0 Å². The van der Waals surface area contributed by atoms with Crippen molar-refractivity contribution in [3.05, 3.63) is 18.1 Å². The van der Waals surface area contributed by atoms with Crippen molar-refractivity contribution in [2.24, 2.45) is 0 Å². The van der Waals surface area contributed by atoms with Crippen molar-refractivity contribution in [2.45, 2.75) is 38.6 Å². The highest BCUT2D eigenvalue weighted by Gasteiger charge is 2.39. The molecule has 0 radical (unpaired) electrons. The first-order chi connectivity index (χ1) is 11.1. The molecule has 0 aromatic carbocycles. The van der Waals surface area contributed by atoms with Gasteiger partial charge in [0.15, 0.2) is 5.69 Å². The van der Waals surface area contributed by atoms with Gasteiger partial charge < -0.3 is 19.6 Å². The molecule has 0 unspecified atom stereocenters. The van der Waals surface area contributed by atoms with Crippen LogP contribution < -0.4 is 4.90 Å². The van der Waals surface area contributed by atoms with Crippen molar-refractivity contribution in [2.75, 3.05) is 25.0 Å². The molecule has 0 spiro atoms. The molecule has 0 aliphatic carbocycles. The maximum Gasteiger partial charge on any atom is 0.410 e. The van der Waals surface area contributed by atoms with E-state index in [1.807, 2.05) is 0 Å². The number of hydrogen-bond acceptors (Lipinski definition) is 6. The van der Waals surface area contributed by atoms with Crippen LogP contribution in [-0.4, -0.2) is 70.0 Å². The third-order valence-corrected chi connectivity index (χ3v) is 3.58. The third-order valence-electron chi connectivity index (χ3n) is 3.58. The van der Waals surface area contributed by atoms with Crippen LogP contribution in [0.15, 0.2) is 12.4 Å². The van der Waals surface area contributed by atoms with Crippen molar-refractivity contribution in [1.29, 1.82) is 0 Å². The number of nitrogens with zero attached hydrogens (tertiary/aromatic N) is 4. The Morgan fingerprint density at radius 1 is 1.33 bits per heavy atom. The lowest BCUT2D eigenvalue weighted by Gasteiger charge is -2.29. The van der Waals surface area contributed by atoms with Crippen LogP contribution in [0.4, 0.5) is 15.0 Å².